The lowest BCUT2D eigenvalue weighted by atomic mass is 10.1. The van der Waals surface area contributed by atoms with Gasteiger partial charge in [0.05, 0.1) is 6.04 Å². The van der Waals surface area contributed by atoms with Crippen LogP contribution in [-0.4, -0.2) is 21.4 Å². The van der Waals surface area contributed by atoms with Crippen LogP contribution >= 0.6 is 0 Å². The van der Waals surface area contributed by atoms with Gasteiger partial charge in [-0.25, -0.2) is 13.8 Å². The van der Waals surface area contributed by atoms with Crippen molar-refractivity contribution in [2.75, 3.05) is 6.54 Å². The molecule has 0 amide bonds. The Morgan fingerprint density at radius 2 is 2.13 bits per heavy atom. The summed E-state index contributed by atoms with van der Waals surface area (Å²) in [6.45, 7) is 1.29. The fraction of sp³-hybridized carbons (Fsp3) is 0.278. The molecular weight excluding hydrogens is 296 g/mol. The van der Waals surface area contributed by atoms with Crippen LogP contribution in [0.3, 0.4) is 0 Å². The van der Waals surface area contributed by atoms with E-state index in [0.29, 0.717) is 12.1 Å². The standard InChI is InChI=1S/C18H17F2N3/c19-14-6-1-4-13(17(14)20)11-23-9-3-7-16(23)15-10-12-5-2-8-21-18(12)22-15/h1-2,4-6,8,10,16H,3,7,9,11H2,(H,21,22). The molecule has 0 spiro atoms. The third-order valence-electron chi connectivity index (χ3n) is 4.54. The van der Waals surface area contributed by atoms with Crippen LogP contribution in [0, 0.1) is 11.6 Å². The van der Waals surface area contributed by atoms with Crippen molar-refractivity contribution in [2.45, 2.75) is 25.4 Å². The highest BCUT2D eigenvalue weighted by Gasteiger charge is 2.28. The number of likely N-dealkylation sites (tertiary alicyclic amines) is 1. The second kappa shape index (κ2) is 5.74. The Morgan fingerprint density at radius 1 is 1.22 bits per heavy atom. The normalized spacial score (nSPS) is 18.8. The van der Waals surface area contributed by atoms with E-state index in [-0.39, 0.29) is 6.04 Å². The minimum absolute atomic E-state index is 0.187. The molecule has 1 saturated heterocycles. The maximum absolute atomic E-state index is 13.9. The summed E-state index contributed by atoms with van der Waals surface area (Å²) in [4.78, 5) is 9.88. The van der Waals surface area contributed by atoms with Gasteiger partial charge in [-0.05, 0) is 43.7 Å². The van der Waals surface area contributed by atoms with Gasteiger partial charge in [-0.15, -0.1) is 0 Å². The van der Waals surface area contributed by atoms with E-state index in [1.165, 1.54) is 0 Å². The van der Waals surface area contributed by atoms with Gasteiger partial charge in [0.2, 0.25) is 0 Å². The Morgan fingerprint density at radius 3 is 3.00 bits per heavy atom. The zero-order chi connectivity index (χ0) is 15.8. The molecular formula is C18H17F2N3. The Kier molecular flexibility index (Phi) is 3.58. The minimum atomic E-state index is -0.784. The molecule has 118 valence electrons. The van der Waals surface area contributed by atoms with E-state index in [0.717, 1.165) is 42.2 Å². The number of nitrogens with zero attached hydrogens (tertiary/aromatic N) is 2. The average Bonchev–Trinajstić information content (AvgIpc) is 3.17. The number of halogens is 2. The van der Waals surface area contributed by atoms with E-state index >= 15 is 0 Å². The molecule has 4 rings (SSSR count). The largest absolute Gasteiger partial charge is 0.342 e. The molecule has 1 aromatic carbocycles. The molecule has 1 fully saturated rings. The maximum Gasteiger partial charge on any atom is 0.163 e. The molecule has 3 heterocycles. The third kappa shape index (κ3) is 2.61. The lowest BCUT2D eigenvalue weighted by Crippen LogP contribution is -2.23. The summed E-state index contributed by atoms with van der Waals surface area (Å²) in [5.74, 6) is -1.52. The number of benzene rings is 1. The molecule has 3 nitrogen and oxygen atoms in total. The van der Waals surface area contributed by atoms with E-state index in [9.17, 15) is 8.78 Å². The van der Waals surface area contributed by atoms with Gasteiger partial charge in [0.15, 0.2) is 11.6 Å². The van der Waals surface area contributed by atoms with E-state index in [2.05, 4.69) is 20.9 Å². The number of hydrogen-bond acceptors (Lipinski definition) is 2. The lowest BCUT2D eigenvalue weighted by molar-refractivity contribution is 0.241. The molecule has 1 aliphatic heterocycles. The van der Waals surface area contributed by atoms with E-state index < -0.39 is 11.6 Å². The van der Waals surface area contributed by atoms with Crippen LogP contribution in [-0.2, 0) is 6.54 Å². The second-order valence-corrected chi connectivity index (χ2v) is 6.01. The van der Waals surface area contributed by atoms with Gasteiger partial charge < -0.3 is 4.98 Å². The molecule has 0 bridgehead atoms. The molecule has 23 heavy (non-hydrogen) atoms. The number of rotatable bonds is 3. The number of hydrogen-bond donors (Lipinski definition) is 1. The molecule has 5 heteroatoms. The van der Waals surface area contributed by atoms with Crippen LogP contribution in [0.2, 0.25) is 0 Å². The van der Waals surface area contributed by atoms with Gasteiger partial charge in [0.1, 0.15) is 5.65 Å². The highest BCUT2D eigenvalue weighted by Crippen LogP contribution is 2.34. The van der Waals surface area contributed by atoms with Crippen molar-refractivity contribution in [2.24, 2.45) is 0 Å². The first kappa shape index (κ1) is 14.3. The Labute approximate surface area is 133 Å². The molecule has 3 aromatic rings. The molecule has 0 aliphatic carbocycles. The number of nitrogens with one attached hydrogen (secondary N) is 1. The number of aromatic amines is 1. The number of H-pyrrole nitrogens is 1. The zero-order valence-corrected chi connectivity index (χ0v) is 12.6. The maximum atomic E-state index is 13.9. The van der Waals surface area contributed by atoms with Gasteiger partial charge in [-0.3, -0.25) is 4.90 Å². The van der Waals surface area contributed by atoms with E-state index in [1.54, 1.807) is 18.3 Å². The molecule has 0 radical (unpaired) electrons. The minimum Gasteiger partial charge on any atom is -0.342 e. The molecule has 2 aromatic heterocycles. The van der Waals surface area contributed by atoms with Gasteiger partial charge >= 0.3 is 0 Å². The second-order valence-electron chi connectivity index (χ2n) is 6.01. The van der Waals surface area contributed by atoms with Gasteiger partial charge in [-0.1, -0.05) is 12.1 Å². The van der Waals surface area contributed by atoms with Crippen LogP contribution in [0.4, 0.5) is 8.78 Å². The van der Waals surface area contributed by atoms with Crippen LogP contribution in [0.5, 0.6) is 0 Å². The van der Waals surface area contributed by atoms with Crippen LogP contribution < -0.4 is 0 Å². The first-order valence-corrected chi connectivity index (χ1v) is 7.83. The average molecular weight is 313 g/mol. The van der Waals surface area contributed by atoms with Crippen LogP contribution in [0.1, 0.15) is 30.1 Å². The fourth-order valence-corrected chi connectivity index (χ4v) is 3.42. The quantitative estimate of drug-likeness (QED) is 0.786. The summed E-state index contributed by atoms with van der Waals surface area (Å²) in [5.41, 5.74) is 2.37. The molecule has 0 saturated carbocycles. The van der Waals surface area contributed by atoms with Crippen molar-refractivity contribution < 1.29 is 8.78 Å². The SMILES string of the molecule is Fc1cccc(CN2CCCC2c2cc3cccnc3[nH]2)c1F. The Balaban J connectivity index is 1.62. The summed E-state index contributed by atoms with van der Waals surface area (Å²) in [6, 6.07) is 10.6. The van der Waals surface area contributed by atoms with Gasteiger partial charge in [0, 0.05) is 29.4 Å². The first-order valence-electron chi connectivity index (χ1n) is 7.83. The highest BCUT2D eigenvalue weighted by molar-refractivity contribution is 5.76. The van der Waals surface area contributed by atoms with Crippen molar-refractivity contribution >= 4 is 11.0 Å². The fourth-order valence-electron chi connectivity index (χ4n) is 3.42. The summed E-state index contributed by atoms with van der Waals surface area (Å²) in [7, 11) is 0. The third-order valence-corrected chi connectivity index (χ3v) is 4.54. The molecule has 1 atom stereocenters. The predicted octanol–water partition coefficient (Wildman–Crippen LogP) is 4.18. The van der Waals surface area contributed by atoms with Crippen molar-refractivity contribution in [3.8, 4) is 0 Å². The van der Waals surface area contributed by atoms with Gasteiger partial charge in [0.25, 0.3) is 0 Å². The zero-order valence-electron chi connectivity index (χ0n) is 12.6. The van der Waals surface area contributed by atoms with Crippen molar-refractivity contribution in [3.05, 3.63) is 65.5 Å². The topological polar surface area (TPSA) is 31.9 Å². The summed E-state index contributed by atoms with van der Waals surface area (Å²) in [6.07, 6.45) is 3.81. The van der Waals surface area contributed by atoms with Crippen molar-refractivity contribution in [1.29, 1.82) is 0 Å². The highest BCUT2D eigenvalue weighted by atomic mass is 19.2. The van der Waals surface area contributed by atoms with Crippen LogP contribution in [0.25, 0.3) is 11.0 Å². The van der Waals surface area contributed by atoms with E-state index in [4.69, 9.17) is 0 Å². The lowest BCUT2D eigenvalue weighted by Gasteiger charge is -2.24. The molecule has 1 unspecified atom stereocenters. The predicted molar refractivity (Wildman–Crippen MR) is 84.8 cm³/mol. The number of pyridine rings is 1. The summed E-state index contributed by atoms with van der Waals surface area (Å²) in [5, 5.41) is 1.08. The summed E-state index contributed by atoms with van der Waals surface area (Å²) < 4.78 is 27.3. The monoisotopic (exact) mass is 313 g/mol. The number of aromatic nitrogens is 2. The first-order chi connectivity index (χ1) is 11.2. The van der Waals surface area contributed by atoms with Crippen molar-refractivity contribution in [1.82, 2.24) is 14.9 Å². The Hall–Kier alpha value is -2.27. The van der Waals surface area contributed by atoms with Crippen molar-refractivity contribution in [3.63, 3.8) is 0 Å². The smallest absolute Gasteiger partial charge is 0.163 e. The van der Waals surface area contributed by atoms with E-state index in [1.807, 2.05) is 12.1 Å². The van der Waals surface area contributed by atoms with Gasteiger partial charge in [-0.2, -0.15) is 0 Å². The van der Waals surface area contributed by atoms with Crippen LogP contribution in [0.15, 0.2) is 42.6 Å². The summed E-state index contributed by atoms with van der Waals surface area (Å²) >= 11 is 0. The molecule has 1 aliphatic rings. The Bertz CT molecular complexity index is 810. The molecule has 1 N–H and O–H groups in total. The number of fused-ring (bicyclic) bond motifs is 1.